The van der Waals surface area contributed by atoms with Gasteiger partial charge in [0.25, 0.3) is 5.91 Å². The molecule has 0 unspecified atom stereocenters. The minimum absolute atomic E-state index is 0.125. The highest BCUT2D eigenvalue weighted by Crippen LogP contribution is 2.20. The molecule has 1 aromatic carbocycles. The number of hydrogen-bond donors (Lipinski definition) is 1. The Balaban J connectivity index is 2.16. The van der Waals surface area contributed by atoms with Gasteiger partial charge in [0.05, 0.1) is 4.47 Å². The molecule has 2 aromatic rings. The van der Waals surface area contributed by atoms with Gasteiger partial charge in [-0.2, -0.15) is 0 Å². The zero-order valence-corrected chi connectivity index (χ0v) is 11.2. The summed E-state index contributed by atoms with van der Waals surface area (Å²) in [5, 5.41) is 9.96. The molecule has 0 bridgehead atoms. The molecule has 18 heavy (non-hydrogen) atoms. The summed E-state index contributed by atoms with van der Waals surface area (Å²) in [6, 6.07) is 7.05. The second-order valence-electron chi connectivity index (χ2n) is 3.32. The number of aromatic nitrogens is 2. The molecule has 0 atom stereocenters. The predicted molar refractivity (Wildman–Crippen MR) is 69.1 cm³/mol. The quantitative estimate of drug-likeness (QED) is 0.919. The van der Waals surface area contributed by atoms with Gasteiger partial charge in [-0.25, -0.2) is 4.39 Å². The molecule has 1 heterocycles. The van der Waals surface area contributed by atoms with Crippen LogP contribution in [0.2, 0.25) is 5.15 Å². The first kappa shape index (κ1) is 12.9. The lowest BCUT2D eigenvalue weighted by molar-refractivity contribution is 0.102. The smallest absolute Gasteiger partial charge is 0.276 e. The third-order valence-corrected chi connectivity index (χ3v) is 2.85. The average molecular weight is 331 g/mol. The Bertz CT molecular complexity index is 591. The molecule has 4 nitrogen and oxygen atoms in total. The number of nitrogens with one attached hydrogen (secondary N) is 1. The Morgan fingerprint density at radius 2 is 2.06 bits per heavy atom. The normalized spacial score (nSPS) is 10.2. The Kier molecular flexibility index (Phi) is 3.88. The van der Waals surface area contributed by atoms with Gasteiger partial charge in [0.2, 0.25) is 0 Å². The molecule has 0 aliphatic rings. The first-order valence-electron chi connectivity index (χ1n) is 4.82. The van der Waals surface area contributed by atoms with Crippen LogP contribution >= 0.6 is 27.5 Å². The summed E-state index contributed by atoms with van der Waals surface area (Å²) in [7, 11) is 0. The number of rotatable bonds is 2. The third kappa shape index (κ3) is 3.02. The maximum absolute atomic E-state index is 13.0. The lowest BCUT2D eigenvalue weighted by Crippen LogP contribution is -2.14. The lowest BCUT2D eigenvalue weighted by Gasteiger charge is -2.05. The van der Waals surface area contributed by atoms with Crippen molar-refractivity contribution in [3.63, 3.8) is 0 Å². The molecule has 0 saturated carbocycles. The van der Waals surface area contributed by atoms with E-state index >= 15 is 0 Å². The van der Waals surface area contributed by atoms with Crippen molar-refractivity contribution in [3.05, 3.63) is 51.5 Å². The number of carbonyl (C=O) groups is 1. The maximum Gasteiger partial charge on any atom is 0.276 e. The maximum atomic E-state index is 13.0. The van der Waals surface area contributed by atoms with Crippen LogP contribution in [0.5, 0.6) is 0 Å². The Hall–Kier alpha value is -1.53. The molecule has 7 heteroatoms. The van der Waals surface area contributed by atoms with E-state index in [-0.39, 0.29) is 15.3 Å². The van der Waals surface area contributed by atoms with Gasteiger partial charge < -0.3 is 5.32 Å². The molecule has 0 saturated heterocycles. The average Bonchev–Trinajstić information content (AvgIpc) is 2.34. The van der Waals surface area contributed by atoms with E-state index in [0.29, 0.717) is 5.69 Å². The number of hydrogen-bond acceptors (Lipinski definition) is 3. The zero-order chi connectivity index (χ0) is 13.1. The second-order valence-corrected chi connectivity index (χ2v) is 4.57. The molecule has 2 rings (SSSR count). The molecule has 1 N–H and O–H groups in total. The van der Waals surface area contributed by atoms with Crippen molar-refractivity contribution in [2.45, 2.75) is 0 Å². The van der Waals surface area contributed by atoms with E-state index in [4.69, 9.17) is 11.6 Å². The molecule has 1 aromatic heterocycles. The Labute approximate surface area is 115 Å². The lowest BCUT2D eigenvalue weighted by atomic mass is 10.3. The van der Waals surface area contributed by atoms with E-state index in [1.54, 1.807) is 0 Å². The summed E-state index contributed by atoms with van der Waals surface area (Å²) in [6.45, 7) is 0. The molecule has 0 aliphatic carbocycles. The zero-order valence-electron chi connectivity index (χ0n) is 8.82. The summed E-state index contributed by atoms with van der Waals surface area (Å²) in [6.07, 6.45) is 0. The SMILES string of the molecule is O=C(Nc1ccc(F)c(Br)c1)c1ccc(Cl)nn1. The van der Waals surface area contributed by atoms with E-state index in [0.717, 1.165) is 0 Å². The topological polar surface area (TPSA) is 54.9 Å². The number of carbonyl (C=O) groups excluding carboxylic acids is 1. The fourth-order valence-corrected chi connectivity index (χ4v) is 1.69. The minimum Gasteiger partial charge on any atom is -0.321 e. The fourth-order valence-electron chi connectivity index (χ4n) is 1.21. The van der Waals surface area contributed by atoms with Crippen molar-refractivity contribution in [1.82, 2.24) is 10.2 Å². The van der Waals surface area contributed by atoms with Gasteiger partial charge in [-0.1, -0.05) is 11.6 Å². The van der Waals surface area contributed by atoms with Crippen LogP contribution in [0.4, 0.5) is 10.1 Å². The fraction of sp³-hybridized carbons (Fsp3) is 0. The number of nitrogens with zero attached hydrogens (tertiary/aromatic N) is 2. The van der Waals surface area contributed by atoms with E-state index in [1.807, 2.05) is 0 Å². The van der Waals surface area contributed by atoms with Gasteiger partial charge >= 0.3 is 0 Å². The van der Waals surface area contributed by atoms with Crippen molar-refractivity contribution >= 4 is 39.1 Å². The summed E-state index contributed by atoms with van der Waals surface area (Å²) in [5.41, 5.74) is 0.574. The molecule has 0 aliphatic heterocycles. The number of amides is 1. The number of anilines is 1. The highest BCUT2D eigenvalue weighted by Gasteiger charge is 2.09. The first-order valence-corrected chi connectivity index (χ1v) is 5.99. The largest absolute Gasteiger partial charge is 0.321 e. The molecule has 0 radical (unpaired) electrons. The molecule has 92 valence electrons. The van der Waals surface area contributed by atoms with E-state index in [9.17, 15) is 9.18 Å². The van der Waals surface area contributed by atoms with Crippen molar-refractivity contribution in [1.29, 1.82) is 0 Å². The van der Waals surface area contributed by atoms with Crippen LogP contribution in [0.1, 0.15) is 10.5 Å². The first-order chi connectivity index (χ1) is 8.56. The van der Waals surface area contributed by atoms with Crippen LogP contribution in [0.3, 0.4) is 0 Å². The summed E-state index contributed by atoms with van der Waals surface area (Å²) < 4.78 is 13.3. The van der Waals surface area contributed by atoms with Crippen LogP contribution < -0.4 is 5.32 Å². The predicted octanol–water partition coefficient (Wildman–Crippen LogP) is 3.28. The van der Waals surface area contributed by atoms with Crippen LogP contribution in [0.15, 0.2) is 34.8 Å². The van der Waals surface area contributed by atoms with Crippen molar-refractivity contribution < 1.29 is 9.18 Å². The number of benzene rings is 1. The summed E-state index contributed by atoms with van der Waals surface area (Å²) in [4.78, 5) is 11.8. The van der Waals surface area contributed by atoms with Crippen molar-refractivity contribution in [2.24, 2.45) is 0 Å². The van der Waals surface area contributed by atoms with Crippen molar-refractivity contribution in [2.75, 3.05) is 5.32 Å². The van der Waals surface area contributed by atoms with E-state index < -0.39 is 11.7 Å². The van der Waals surface area contributed by atoms with Gasteiger partial charge in [0.15, 0.2) is 10.8 Å². The van der Waals surface area contributed by atoms with Gasteiger partial charge in [0.1, 0.15) is 5.82 Å². The summed E-state index contributed by atoms with van der Waals surface area (Å²) >= 11 is 8.59. The monoisotopic (exact) mass is 329 g/mol. The molecule has 1 amide bonds. The van der Waals surface area contributed by atoms with Crippen molar-refractivity contribution in [3.8, 4) is 0 Å². The van der Waals surface area contributed by atoms with Gasteiger partial charge in [-0.05, 0) is 46.3 Å². The minimum atomic E-state index is -0.447. The van der Waals surface area contributed by atoms with Crippen LogP contribution in [0, 0.1) is 5.82 Å². The van der Waals surface area contributed by atoms with E-state index in [1.165, 1.54) is 30.3 Å². The summed E-state index contributed by atoms with van der Waals surface area (Å²) in [5.74, 6) is -0.850. The Morgan fingerprint density at radius 1 is 1.28 bits per heavy atom. The molecule has 0 spiro atoms. The van der Waals surface area contributed by atoms with E-state index in [2.05, 4.69) is 31.4 Å². The third-order valence-electron chi connectivity index (χ3n) is 2.04. The van der Waals surface area contributed by atoms with Crippen LogP contribution in [-0.2, 0) is 0 Å². The molecular weight excluding hydrogens is 324 g/mol. The highest BCUT2D eigenvalue weighted by molar-refractivity contribution is 9.10. The van der Waals surface area contributed by atoms with Gasteiger partial charge in [-0.15, -0.1) is 10.2 Å². The van der Waals surface area contributed by atoms with Gasteiger partial charge in [-0.3, -0.25) is 4.79 Å². The number of halogens is 3. The van der Waals surface area contributed by atoms with Crippen LogP contribution in [-0.4, -0.2) is 16.1 Å². The highest BCUT2D eigenvalue weighted by atomic mass is 79.9. The molecular formula is C11H6BrClFN3O. The second kappa shape index (κ2) is 5.41. The van der Waals surface area contributed by atoms with Gasteiger partial charge in [0, 0.05) is 5.69 Å². The Morgan fingerprint density at radius 3 is 2.67 bits per heavy atom. The molecule has 0 fully saturated rings. The standard InChI is InChI=1S/C11H6BrClFN3O/c12-7-5-6(1-2-8(7)14)15-11(18)9-3-4-10(13)17-16-9/h1-5H,(H,15,18). The van der Waals surface area contributed by atoms with Crippen LogP contribution in [0.25, 0.3) is 0 Å².